The van der Waals surface area contributed by atoms with Gasteiger partial charge in [0, 0.05) is 0 Å². The van der Waals surface area contributed by atoms with E-state index in [2.05, 4.69) is 15.9 Å². The van der Waals surface area contributed by atoms with Gasteiger partial charge in [-0.2, -0.15) is 0 Å². The number of carboxylic acid groups (broad SMARTS) is 1. The molecule has 0 spiro atoms. The maximum absolute atomic E-state index is 12.9. The maximum atomic E-state index is 12.9. The second-order valence-corrected chi connectivity index (χ2v) is 3.42. The van der Waals surface area contributed by atoms with E-state index >= 15 is 0 Å². The molecule has 0 aromatic heterocycles. The van der Waals surface area contributed by atoms with Gasteiger partial charge in [-0.1, -0.05) is 11.6 Å². The first kappa shape index (κ1) is 10.3. The molecule has 0 atom stereocenters. The van der Waals surface area contributed by atoms with Crippen LogP contribution in [0, 0.1) is 5.82 Å². The SMILES string of the molecule is Nc1c(Cl)c(C(=O)O)cc(F)c1Br. The lowest BCUT2D eigenvalue weighted by atomic mass is 10.2. The van der Waals surface area contributed by atoms with Crippen molar-refractivity contribution in [3.63, 3.8) is 0 Å². The minimum atomic E-state index is -1.32. The van der Waals surface area contributed by atoms with Crippen LogP contribution in [0.3, 0.4) is 0 Å². The zero-order valence-electron chi connectivity index (χ0n) is 6.14. The van der Waals surface area contributed by atoms with Crippen molar-refractivity contribution in [1.29, 1.82) is 0 Å². The fraction of sp³-hybridized carbons (Fsp3) is 0. The molecule has 0 radical (unpaired) electrons. The fourth-order valence-electron chi connectivity index (χ4n) is 0.779. The molecule has 3 N–H and O–H groups in total. The van der Waals surface area contributed by atoms with E-state index in [1.807, 2.05) is 0 Å². The van der Waals surface area contributed by atoms with Crippen LogP contribution in [-0.4, -0.2) is 11.1 Å². The van der Waals surface area contributed by atoms with E-state index in [-0.39, 0.29) is 20.7 Å². The molecule has 0 aliphatic heterocycles. The lowest BCUT2D eigenvalue weighted by Crippen LogP contribution is -2.02. The lowest BCUT2D eigenvalue weighted by Gasteiger charge is -2.05. The van der Waals surface area contributed by atoms with Gasteiger partial charge in [0.25, 0.3) is 0 Å². The number of nitrogens with two attached hydrogens (primary N) is 1. The summed E-state index contributed by atoms with van der Waals surface area (Å²) < 4.78 is 12.9. The molecule has 0 fully saturated rings. The zero-order valence-corrected chi connectivity index (χ0v) is 8.49. The summed E-state index contributed by atoms with van der Waals surface area (Å²) in [4.78, 5) is 10.5. The van der Waals surface area contributed by atoms with E-state index in [1.54, 1.807) is 0 Å². The number of halogens is 3. The number of anilines is 1. The van der Waals surface area contributed by atoms with Crippen molar-refractivity contribution in [2.75, 3.05) is 5.73 Å². The van der Waals surface area contributed by atoms with Crippen LogP contribution in [-0.2, 0) is 0 Å². The summed E-state index contributed by atoms with van der Waals surface area (Å²) in [5, 5.41) is 8.42. The highest BCUT2D eigenvalue weighted by Gasteiger charge is 2.17. The molecule has 1 rings (SSSR count). The van der Waals surface area contributed by atoms with Crippen LogP contribution < -0.4 is 5.73 Å². The van der Waals surface area contributed by atoms with Crippen molar-refractivity contribution in [1.82, 2.24) is 0 Å². The van der Waals surface area contributed by atoms with Crippen molar-refractivity contribution in [3.05, 3.63) is 26.9 Å². The number of benzene rings is 1. The largest absolute Gasteiger partial charge is 0.478 e. The molecule has 0 saturated heterocycles. The minimum Gasteiger partial charge on any atom is -0.478 e. The van der Waals surface area contributed by atoms with Crippen LogP contribution in [0.1, 0.15) is 10.4 Å². The predicted molar refractivity (Wildman–Crippen MR) is 50.5 cm³/mol. The Morgan fingerprint density at radius 2 is 2.23 bits per heavy atom. The van der Waals surface area contributed by atoms with Crippen molar-refractivity contribution in [3.8, 4) is 0 Å². The number of hydrogen-bond acceptors (Lipinski definition) is 2. The molecule has 0 aliphatic carbocycles. The van der Waals surface area contributed by atoms with Crippen LogP contribution in [0.2, 0.25) is 5.02 Å². The minimum absolute atomic E-state index is 0.0255. The molecule has 0 aliphatic rings. The fourth-order valence-corrected chi connectivity index (χ4v) is 1.44. The molecule has 0 saturated carbocycles. The van der Waals surface area contributed by atoms with E-state index in [4.69, 9.17) is 22.4 Å². The Labute approximate surface area is 86.4 Å². The topological polar surface area (TPSA) is 63.3 Å². The average molecular weight is 268 g/mol. The zero-order chi connectivity index (χ0) is 10.2. The van der Waals surface area contributed by atoms with E-state index in [9.17, 15) is 9.18 Å². The van der Waals surface area contributed by atoms with Crippen LogP contribution in [0.25, 0.3) is 0 Å². The highest BCUT2D eigenvalue weighted by Crippen LogP contribution is 2.33. The van der Waals surface area contributed by atoms with Crippen molar-refractivity contribution >= 4 is 39.2 Å². The molecule has 13 heavy (non-hydrogen) atoms. The molecular weight excluding hydrogens is 264 g/mol. The Hall–Kier alpha value is -0.810. The van der Waals surface area contributed by atoms with Crippen LogP contribution in [0.4, 0.5) is 10.1 Å². The molecule has 0 heterocycles. The molecule has 0 amide bonds. The Morgan fingerprint density at radius 3 is 2.69 bits per heavy atom. The predicted octanol–water partition coefficient (Wildman–Crippen LogP) is 2.52. The molecule has 1 aromatic carbocycles. The van der Waals surface area contributed by atoms with Crippen LogP contribution in [0.5, 0.6) is 0 Å². The second kappa shape index (κ2) is 3.51. The van der Waals surface area contributed by atoms with Crippen molar-refractivity contribution in [2.24, 2.45) is 0 Å². The van der Waals surface area contributed by atoms with Crippen molar-refractivity contribution < 1.29 is 14.3 Å². The first-order valence-electron chi connectivity index (χ1n) is 3.11. The normalized spacial score (nSPS) is 10.1. The molecule has 0 bridgehead atoms. The number of aromatic carboxylic acids is 1. The number of carbonyl (C=O) groups is 1. The quantitative estimate of drug-likeness (QED) is 0.607. The summed E-state index contributed by atoms with van der Waals surface area (Å²) in [6, 6.07) is 0.811. The number of nitrogen functional groups attached to an aromatic ring is 1. The standard InChI is InChI=1S/C7H4BrClFNO2/c8-4-3(10)1-2(7(12)13)5(9)6(4)11/h1H,11H2,(H,12,13). The lowest BCUT2D eigenvalue weighted by molar-refractivity contribution is 0.0696. The van der Waals surface area contributed by atoms with Crippen molar-refractivity contribution in [2.45, 2.75) is 0 Å². The number of rotatable bonds is 1. The Morgan fingerprint density at radius 1 is 1.69 bits per heavy atom. The molecule has 1 aromatic rings. The Balaban J connectivity index is 3.50. The van der Waals surface area contributed by atoms with Crippen LogP contribution >= 0.6 is 27.5 Å². The third-order valence-corrected chi connectivity index (χ3v) is 2.63. The third kappa shape index (κ3) is 1.76. The summed E-state index contributed by atoms with van der Waals surface area (Å²) >= 11 is 8.40. The van der Waals surface area contributed by atoms with Gasteiger partial charge in [-0.05, 0) is 22.0 Å². The average Bonchev–Trinajstić information content (AvgIpc) is 2.07. The first-order chi connectivity index (χ1) is 5.95. The summed E-state index contributed by atoms with van der Waals surface area (Å²) in [6.45, 7) is 0. The van der Waals surface area contributed by atoms with E-state index in [0.717, 1.165) is 6.07 Å². The smallest absolute Gasteiger partial charge is 0.337 e. The van der Waals surface area contributed by atoms with Gasteiger partial charge >= 0.3 is 5.97 Å². The summed E-state index contributed by atoms with van der Waals surface area (Å²) in [6.07, 6.45) is 0. The summed E-state index contributed by atoms with van der Waals surface area (Å²) in [5.74, 6) is -2.07. The Bertz CT molecular complexity index is 383. The number of carboxylic acids is 1. The van der Waals surface area contributed by atoms with Gasteiger partial charge in [0.05, 0.1) is 20.7 Å². The number of hydrogen-bond donors (Lipinski definition) is 2. The molecule has 6 heteroatoms. The Kier molecular flexibility index (Phi) is 2.77. The first-order valence-corrected chi connectivity index (χ1v) is 4.28. The summed E-state index contributed by atoms with van der Waals surface area (Å²) in [5.41, 5.74) is 4.88. The van der Waals surface area contributed by atoms with Gasteiger partial charge in [0.2, 0.25) is 0 Å². The van der Waals surface area contributed by atoms with Gasteiger partial charge in [-0.3, -0.25) is 0 Å². The highest BCUT2D eigenvalue weighted by molar-refractivity contribution is 9.10. The van der Waals surface area contributed by atoms with Gasteiger partial charge in [-0.15, -0.1) is 0 Å². The maximum Gasteiger partial charge on any atom is 0.337 e. The van der Waals surface area contributed by atoms with Gasteiger partial charge in [-0.25, -0.2) is 9.18 Å². The van der Waals surface area contributed by atoms with Gasteiger partial charge < -0.3 is 10.8 Å². The molecular formula is C7H4BrClFNO2. The molecule has 3 nitrogen and oxygen atoms in total. The van der Waals surface area contributed by atoms with Gasteiger partial charge in [0.15, 0.2) is 0 Å². The van der Waals surface area contributed by atoms with Crippen LogP contribution in [0.15, 0.2) is 10.5 Å². The summed E-state index contributed by atoms with van der Waals surface area (Å²) in [7, 11) is 0. The van der Waals surface area contributed by atoms with Gasteiger partial charge in [0.1, 0.15) is 5.82 Å². The van der Waals surface area contributed by atoms with E-state index < -0.39 is 11.8 Å². The second-order valence-electron chi connectivity index (χ2n) is 2.25. The molecule has 70 valence electrons. The molecule has 0 unspecified atom stereocenters. The monoisotopic (exact) mass is 267 g/mol. The van der Waals surface area contributed by atoms with E-state index in [1.165, 1.54) is 0 Å². The highest BCUT2D eigenvalue weighted by atomic mass is 79.9. The third-order valence-electron chi connectivity index (χ3n) is 1.42. The van der Waals surface area contributed by atoms with E-state index in [0.29, 0.717) is 0 Å².